The lowest BCUT2D eigenvalue weighted by molar-refractivity contribution is 0.387. The summed E-state index contributed by atoms with van der Waals surface area (Å²) in [5.41, 5.74) is 9.25. The van der Waals surface area contributed by atoms with Gasteiger partial charge in [-0.3, -0.25) is 5.41 Å². The van der Waals surface area contributed by atoms with Gasteiger partial charge >= 0.3 is 0 Å². The van der Waals surface area contributed by atoms with Crippen molar-refractivity contribution < 1.29 is 0 Å². The van der Waals surface area contributed by atoms with Crippen LogP contribution in [0.1, 0.15) is 35.6 Å². The molecule has 5 nitrogen and oxygen atoms in total. The minimum atomic E-state index is 0.0931. The van der Waals surface area contributed by atoms with Crippen LogP contribution in [0.15, 0.2) is 61.1 Å². The van der Waals surface area contributed by atoms with Crippen LogP contribution in [0, 0.1) is 5.41 Å². The molecule has 0 aliphatic carbocycles. The van der Waals surface area contributed by atoms with Crippen molar-refractivity contribution in [3.8, 4) is 0 Å². The molecule has 0 aliphatic rings. The van der Waals surface area contributed by atoms with Crippen LogP contribution in [0.3, 0.4) is 0 Å². The van der Waals surface area contributed by atoms with E-state index in [1.807, 2.05) is 47.5 Å². The molecule has 7 heteroatoms. The minimum Gasteiger partial charge on any atom is -0.370 e. The molecule has 0 radical (unpaired) electrons. The van der Waals surface area contributed by atoms with E-state index in [0.29, 0.717) is 16.6 Å². The van der Waals surface area contributed by atoms with Crippen LogP contribution in [-0.4, -0.2) is 33.9 Å². The summed E-state index contributed by atoms with van der Waals surface area (Å²) in [5, 5.41) is 9.06. The fourth-order valence-electron chi connectivity index (χ4n) is 3.46. The van der Waals surface area contributed by atoms with Gasteiger partial charge in [0, 0.05) is 30.9 Å². The molecule has 0 spiro atoms. The Morgan fingerprint density at radius 2 is 1.86 bits per heavy atom. The highest BCUT2D eigenvalue weighted by Crippen LogP contribution is 2.32. The number of benzene rings is 2. The highest BCUT2D eigenvalue weighted by Gasteiger charge is 2.18. The molecule has 2 aromatic carbocycles. The number of guanidine groups is 1. The molecule has 0 amide bonds. The Labute approximate surface area is 181 Å². The Hall–Kier alpha value is -2.50. The number of aromatic nitrogens is 2. The second kappa shape index (κ2) is 10.3. The first-order chi connectivity index (χ1) is 14.0. The molecule has 152 valence electrons. The molecule has 1 aromatic heterocycles. The molecule has 1 unspecified atom stereocenters. The van der Waals surface area contributed by atoms with E-state index in [0.717, 1.165) is 37.1 Å². The third-order valence-electron chi connectivity index (χ3n) is 5.01. The van der Waals surface area contributed by atoms with Gasteiger partial charge < -0.3 is 15.6 Å². The Kier molecular flexibility index (Phi) is 7.55. The molecule has 0 fully saturated rings. The minimum absolute atomic E-state index is 0.0931. The summed E-state index contributed by atoms with van der Waals surface area (Å²) in [7, 11) is 0. The highest BCUT2D eigenvalue weighted by molar-refractivity contribution is 6.42. The second-order valence-electron chi connectivity index (χ2n) is 6.98. The number of nitrogens with two attached hydrogens (primary N) is 1. The standard InChI is InChI=1S/C22H25Cl2N5/c23-20-9-8-17(13-21(20)24)19(16-5-2-1-3-6-16)10-12-29(22(25)26)11-4-7-18-14-27-15-28-18/h1-3,5-6,8-9,13-15,19H,4,7,10-12H2,(H3,25,26)(H,27,28). The number of hydrogen-bond acceptors (Lipinski definition) is 2. The van der Waals surface area contributed by atoms with Crippen LogP contribution < -0.4 is 5.73 Å². The molecule has 29 heavy (non-hydrogen) atoms. The van der Waals surface area contributed by atoms with Crippen molar-refractivity contribution in [1.29, 1.82) is 5.41 Å². The largest absolute Gasteiger partial charge is 0.370 e. The number of halogens is 2. The monoisotopic (exact) mass is 429 g/mol. The van der Waals surface area contributed by atoms with Gasteiger partial charge in [-0.1, -0.05) is 59.6 Å². The van der Waals surface area contributed by atoms with Crippen molar-refractivity contribution in [2.24, 2.45) is 5.73 Å². The first-order valence-corrected chi connectivity index (χ1v) is 10.4. The van der Waals surface area contributed by atoms with Crippen LogP contribution in [0.2, 0.25) is 10.0 Å². The van der Waals surface area contributed by atoms with Gasteiger partial charge in [0.1, 0.15) is 0 Å². The number of nitrogens with zero attached hydrogens (tertiary/aromatic N) is 2. The fraction of sp³-hybridized carbons (Fsp3) is 0.273. The summed E-state index contributed by atoms with van der Waals surface area (Å²) in [5.74, 6) is 0.232. The van der Waals surface area contributed by atoms with Crippen molar-refractivity contribution in [2.75, 3.05) is 13.1 Å². The number of aryl methyl sites for hydroxylation is 1. The number of nitrogens with one attached hydrogen (secondary N) is 2. The first-order valence-electron chi connectivity index (χ1n) is 9.60. The van der Waals surface area contributed by atoms with Gasteiger partial charge in [-0.25, -0.2) is 4.98 Å². The van der Waals surface area contributed by atoms with E-state index >= 15 is 0 Å². The van der Waals surface area contributed by atoms with E-state index in [4.69, 9.17) is 34.3 Å². The molecule has 3 rings (SSSR count). The SMILES string of the molecule is N=C(N)N(CCCc1cnc[nH]1)CCC(c1ccccc1)c1ccc(Cl)c(Cl)c1. The Morgan fingerprint density at radius 1 is 1.07 bits per heavy atom. The molecule has 0 bridgehead atoms. The Balaban J connectivity index is 1.70. The van der Waals surface area contributed by atoms with Gasteiger partial charge in [-0.05, 0) is 42.5 Å². The van der Waals surface area contributed by atoms with E-state index in [1.54, 1.807) is 6.33 Å². The number of rotatable bonds is 9. The number of imidazole rings is 1. The number of hydrogen-bond donors (Lipinski definition) is 3. The number of H-pyrrole nitrogens is 1. The average Bonchev–Trinajstić information content (AvgIpc) is 3.23. The van der Waals surface area contributed by atoms with Crippen LogP contribution in [0.25, 0.3) is 0 Å². The van der Waals surface area contributed by atoms with Gasteiger partial charge in [0.25, 0.3) is 0 Å². The third-order valence-corrected chi connectivity index (χ3v) is 5.74. The number of aromatic amines is 1. The molecule has 0 saturated heterocycles. The molecule has 4 N–H and O–H groups in total. The maximum atomic E-state index is 7.97. The predicted octanol–water partition coefficient (Wildman–Crippen LogP) is 5.07. The summed E-state index contributed by atoms with van der Waals surface area (Å²) in [6.45, 7) is 1.40. The Morgan fingerprint density at radius 3 is 2.52 bits per heavy atom. The van der Waals surface area contributed by atoms with Crippen molar-refractivity contribution in [3.05, 3.63) is 87.9 Å². The van der Waals surface area contributed by atoms with Gasteiger partial charge in [0.15, 0.2) is 5.96 Å². The smallest absolute Gasteiger partial charge is 0.188 e. The molecule has 0 saturated carbocycles. The van der Waals surface area contributed by atoms with Gasteiger partial charge in [-0.15, -0.1) is 0 Å². The average molecular weight is 430 g/mol. The summed E-state index contributed by atoms with van der Waals surface area (Å²) in [6, 6.07) is 16.1. The third kappa shape index (κ3) is 5.99. The van der Waals surface area contributed by atoms with Crippen LogP contribution in [-0.2, 0) is 6.42 Å². The van der Waals surface area contributed by atoms with E-state index in [1.165, 1.54) is 5.56 Å². The van der Waals surface area contributed by atoms with Crippen molar-refractivity contribution in [2.45, 2.75) is 25.2 Å². The van der Waals surface area contributed by atoms with E-state index in [-0.39, 0.29) is 11.9 Å². The molecular weight excluding hydrogens is 405 g/mol. The lowest BCUT2D eigenvalue weighted by Gasteiger charge is -2.26. The van der Waals surface area contributed by atoms with Gasteiger partial charge in [0.05, 0.1) is 16.4 Å². The maximum absolute atomic E-state index is 7.97. The van der Waals surface area contributed by atoms with E-state index in [2.05, 4.69) is 22.1 Å². The fourth-order valence-corrected chi connectivity index (χ4v) is 3.77. The second-order valence-corrected chi connectivity index (χ2v) is 7.79. The first kappa shape index (κ1) is 21.2. The quantitative estimate of drug-likeness (QED) is 0.328. The van der Waals surface area contributed by atoms with Crippen molar-refractivity contribution in [1.82, 2.24) is 14.9 Å². The molecule has 3 aromatic rings. The zero-order valence-corrected chi connectivity index (χ0v) is 17.6. The van der Waals surface area contributed by atoms with Crippen LogP contribution >= 0.6 is 23.2 Å². The predicted molar refractivity (Wildman–Crippen MR) is 120 cm³/mol. The lowest BCUT2D eigenvalue weighted by Crippen LogP contribution is -2.38. The zero-order valence-electron chi connectivity index (χ0n) is 16.1. The molecule has 1 heterocycles. The van der Waals surface area contributed by atoms with E-state index < -0.39 is 0 Å². The topological polar surface area (TPSA) is 81.8 Å². The molecule has 0 aliphatic heterocycles. The lowest BCUT2D eigenvalue weighted by atomic mass is 9.88. The molecule has 1 atom stereocenters. The zero-order chi connectivity index (χ0) is 20.6. The van der Waals surface area contributed by atoms with Crippen LogP contribution in [0.5, 0.6) is 0 Å². The van der Waals surface area contributed by atoms with Crippen LogP contribution in [0.4, 0.5) is 0 Å². The van der Waals surface area contributed by atoms with E-state index in [9.17, 15) is 0 Å². The summed E-state index contributed by atoms with van der Waals surface area (Å²) < 4.78 is 0. The maximum Gasteiger partial charge on any atom is 0.188 e. The summed E-state index contributed by atoms with van der Waals surface area (Å²) in [4.78, 5) is 9.06. The summed E-state index contributed by atoms with van der Waals surface area (Å²) in [6.07, 6.45) is 6.09. The van der Waals surface area contributed by atoms with Gasteiger partial charge in [0.2, 0.25) is 0 Å². The normalized spacial score (nSPS) is 11.9. The van der Waals surface area contributed by atoms with Crippen molar-refractivity contribution in [3.63, 3.8) is 0 Å². The Bertz CT molecular complexity index is 912. The highest BCUT2D eigenvalue weighted by atomic mass is 35.5. The summed E-state index contributed by atoms with van der Waals surface area (Å²) >= 11 is 12.4. The molecular formula is C22H25Cl2N5. The van der Waals surface area contributed by atoms with Gasteiger partial charge in [-0.2, -0.15) is 0 Å². The van der Waals surface area contributed by atoms with Crippen molar-refractivity contribution >= 4 is 29.2 Å².